The summed E-state index contributed by atoms with van der Waals surface area (Å²) in [5, 5.41) is 12.9. The van der Waals surface area contributed by atoms with Gasteiger partial charge in [0.1, 0.15) is 0 Å². The number of hydrogen-bond donors (Lipinski definition) is 2. The first-order valence-electron chi connectivity index (χ1n) is 8.73. The molecule has 1 unspecified atom stereocenters. The normalized spacial score (nSPS) is 16.8. The molecular weight excluding hydrogens is 424 g/mol. The van der Waals surface area contributed by atoms with Gasteiger partial charge in [0.05, 0.1) is 19.7 Å². The van der Waals surface area contributed by atoms with Gasteiger partial charge in [-0.2, -0.15) is 0 Å². The summed E-state index contributed by atoms with van der Waals surface area (Å²) in [6, 6.07) is 11.8. The Hall–Kier alpha value is -2.80. The number of allylic oxidation sites excluding steroid dienone is 1. The van der Waals surface area contributed by atoms with Crippen molar-refractivity contribution in [2.24, 2.45) is 0 Å². The molecule has 1 atom stereocenters. The first-order chi connectivity index (χ1) is 13.3. The number of halogens is 1. The number of methoxy groups -OCH3 is 1. The largest absolute Gasteiger partial charge is 0.504 e. The minimum absolute atomic E-state index is 0.0314. The highest BCUT2D eigenvalue weighted by atomic mass is 79.9. The number of benzene rings is 2. The van der Waals surface area contributed by atoms with Gasteiger partial charge >= 0.3 is 6.03 Å². The number of phenols is 1. The maximum absolute atomic E-state index is 12.9. The number of aromatic hydroxyl groups is 1. The van der Waals surface area contributed by atoms with E-state index >= 15 is 0 Å². The lowest BCUT2D eigenvalue weighted by Crippen LogP contribution is -2.47. The lowest BCUT2D eigenvalue weighted by atomic mass is 9.92. The summed E-state index contributed by atoms with van der Waals surface area (Å²) in [5.74, 6) is 0.0928. The number of nitrogens with one attached hydrogen (secondary N) is 1. The second-order valence-electron chi connectivity index (χ2n) is 6.56. The highest BCUT2D eigenvalue weighted by Gasteiger charge is 2.35. The molecule has 2 aromatic rings. The Bertz CT molecular complexity index is 956. The summed E-state index contributed by atoms with van der Waals surface area (Å²) in [5.41, 5.74) is 2.69. The number of ketones is 1. The predicted octanol–water partition coefficient (Wildman–Crippen LogP) is 4.29. The van der Waals surface area contributed by atoms with Crippen LogP contribution in [0.3, 0.4) is 0 Å². The predicted molar refractivity (Wildman–Crippen MR) is 109 cm³/mol. The average molecular weight is 445 g/mol. The minimum Gasteiger partial charge on any atom is -0.504 e. The van der Waals surface area contributed by atoms with Gasteiger partial charge in [0.25, 0.3) is 0 Å². The second kappa shape index (κ2) is 8.06. The summed E-state index contributed by atoms with van der Waals surface area (Å²) < 4.78 is 5.75. The van der Waals surface area contributed by atoms with Gasteiger partial charge in [-0.3, -0.25) is 9.69 Å². The van der Waals surface area contributed by atoms with E-state index in [1.54, 1.807) is 17.9 Å². The molecule has 6 nitrogen and oxygen atoms in total. The van der Waals surface area contributed by atoms with Crippen LogP contribution in [0.2, 0.25) is 0 Å². The number of amides is 2. The van der Waals surface area contributed by atoms with Crippen molar-refractivity contribution in [3.8, 4) is 11.5 Å². The maximum atomic E-state index is 12.9. The summed E-state index contributed by atoms with van der Waals surface area (Å²) >= 11 is 3.42. The molecule has 146 valence electrons. The zero-order valence-corrected chi connectivity index (χ0v) is 17.4. The summed E-state index contributed by atoms with van der Waals surface area (Å²) in [6.07, 6.45) is 0. The lowest BCUT2D eigenvalue weighted by Gasteiger charge is -2.36. The molecule has 1 aliphatic heterocycles. The molecule has 28 heavy (non-hydrogen) atoms. The number of rotatable bonds is 5. The fraction of sp³-hybridized carbons (Fsp3) is 0.238. The molecule has 0 saturated carbocycles. The molecule has 0 saturated heterocycles. The van der Waals surface area contributed by atoms with Crippen LogP contribution in [0.1, 0.15) is 31.0 Å². The van der Waals surface area contributed by atoms with E-state index in [-0.39, 0.29) is 23.3 Å². The quantitative estimate of drug-likeness (QED) is 0.720. The third-order valence-corrected chi connectivity index (χ3v) is 5.46. The van der Waals surface area contributed by atoms with Crippen LogP contribution in [-0.4, -0.2) is 28.9 Å². The molecule has 0 aromatic heterocycles. The van der Waals surface area contributed by atoms with Crippen LogP contribution >= 0.6 is 15.9 Å². The number of carbonyl (C=O) groups is 2. The average Bonchev–Trinajstić information content (AvgIpc) is 2.65. The van der Waals surface area contributed by atoms with Crippen molar-refractivity contribution in [2.45, 2.75) is 26.4 Å². The molecule has 1 aliphatic rings. The van der Waals surface area contributed by atoms with E-state index in [1.807, 2.05) is 30.3 Å². The minimum atomic E-state index is -0.652. The Kier molecular flexibility index (Phi) is 5.74. The molecule has 2 aromatic carbocycles. The van der Waals surface area contributed by atoms with Gasteiger partial charge in [0.2, 0.25) is 0 Å². The Morgan fingerprint density at radius 3 is 2.57 bits per heavy atom. The van der Waals surface area contributed by atoms with Crippen molar-refractivity contribution in [3.05, 3.63) is 69.3 Å². The smallest absolute Gasteiger partial charge is 0.322 e. The highest BCUT2D eigenvalue weighted by molar-refractivity contribution is 9.10. The van der Waals surface area contributed by atoms with Gasteiger partial charge in [0.15, 0.2) is 17.3 Å². The van der Waals surface area contributed by atoms with Crippen molar-refractivity contribution in [2.75, 3.05) is 7.11 Å². The Morgan fingerprint density at radius 1 is 1.29 bits per heavy atom. The first-order valence-corrected chi connectivity index (χ1v) is 9.52. The van der Waals surface area contributed by atoms with Crippen molar-refractivity contribution < 1.29 is 19.4 Å². The molecule has 0 radical (unpaired) electrons. The van der Waals surface area contributed by atoms with Crippen LogP contribution in [0.15, 0.2) is 58.2 Å². The molecule has 0 bridgehead atoms. The summed E-state index contributed by atoms with van der Waals surface area (Å²) in [4.78, 5) is 26.9. The van der Waals surface area contributed by atoms with Gasteiger partial charge in [-0.25, -0.2) is 4.79 Å². The van der Waals surface area contributed by atoms with E-state index < -0.39 is 6.04 Å². The Balaban J connectivity index is 2.07. The fourth-order valence-electron chi connectivity index (χ4n) is 3.37. The SMILES string of the molecule is COc1cc(C2NC(=O)N(Cc3ccccc3)C(C)=C2C(C)=O)c(Br)cc1O. The number of phenolic OH excluding ortho intramolecular Hbond substituents is 1. The monoisotopic (exact) mass is 444 g/mol. The summed E-state index contributed by atoms with van der Waals surface area (Å²) in [7, 11) is 1.45. The van der Waals surface area contributed by atoms with Gasteiger partial charge in [0, 0.05) is 15.7 Å². The number of Topliss-reactive ketones (excluding diaryl/α,β-unsaturated/α-hetero) is 1. The first kappa shape index (κ1) is 19.9. The third-order valence-electron chi connectivity index (χ3n) is 4.77. The fourth-order valence-corrected chi connectivity index (χ4v) is 3.93. The molecule has 0 spiro atoms. The molecule has 2 N–H and O–H groups in total. The van der Waals surface area contributed by atoms with E-state index in [4.69, 9.17) is 4.74 Å². The standard InChI is InChI=1S/C21H21BrN2O4/c1-12-19(13(2)25)20(15-9-18(28-3)17(26)10-16(15)22)23-21(27)24(12)11-14-7-5-4-6-8-14/h4-10,20,26H,11H2,1-3H3,(H,23,27). The highest BCUT2D eigenvalue weighted by Crippen LogP contribution is 2.40. The van der Waals surface area contributed by atoms with Gasteiger partial charge in [-0.1, -0.05) is 46.3 Å². The number of nitrogens with zero attached hydrogens (tertiary/aromatic N) is 1. The summed E-state index contributed by atoms with van der Waals surface area (Å²) in [6.45, 7) is 3.62. The Labute approximate surface area is 171 Å². The van der Waals surface area contributed by atoms with Crippen LogP contribution in [0.5, 0.6) is 11.5 Å². The molecule has 7 heteroatoms. The van der Waals surface area contributed by atoms with Crippen LogP contribution in [0.4, 0.5) is 4.79 Å². The molecule has 0 fully saturated rings. The van der Waals surface area contributed by atoms with E-state index in [0.29, 0.717) is 27.9 Å². The molecule has 0 aliphatic carbocycles. The van der Waals surface area contributed by atoms with Crippen LogP contribution < -0.4 is 10.1 Å². The number of hydrogen-bond acceptors (Lipinski definition) is 4. The Morgan fingerprint density at radius 2 is 1.96 bits per heavy atom. The van der Waals surface area contributed by atoms with E-state index in [9.17, 15) is 14.7 Å². The zero-order valence-electron chi connectivity index (χ0n) is 15.8. The topological polar surface area (TPSA) is 78.9 Å². The van der Waals surface area contributed by atoms with Crippen LogP contribution in [0, 0.1) is 0 Å². The van der Waals surface area contributed by atoms with Crippen LogP contribution in [-0.2, 0) is 11.3 Å². The van der Waals surface area contributed by atoms with E-state index in [2.05, 4.69) is 21.2 Å². The van der Waals surface area contributed by atoms with Gasteiger partial charge < -0.3 is 15.2 Å². The van der Waals surface area contributed by atoms with Gasteiger partial charge in [-0.15, -0.1) is 0 Å². The molecule has 3 rings (SSSR count). The van der Waals surface area contributed by atoms with Crippen molar-refractivity contribution in [3.63, 3.8) is 0 Å². The molecule has 2 amide bonds. The maximum Gasteiger partial charge on any atom is 0.322 e. The zero-order chi connectivity index (χ0) is 20.4. The van der Waals surface area contributed by atoms with Crippen molar-refractivity contribution >= 4 is 27.7 Å². The molecule has 1 heterocycles. The third kappa shape index (κ3) is 3.75. The number of carbonyl (C=O) groups excluding carboxylic acids is 2. The van der Waals surface area contributed by atoms with Gasteiger partial charge in [-0.05, 0) is 37.1 Å². The number of ether oxygens (including phenoxy) is 1. The number of urea groups is 1. The lowest BCUT2D eigenvalue weighted by molar-refractivity contribution is -0.114. The van der Waals surface area contributed by atoms with Crippen molar-refractivity contribution in [1.82, 2.24) is 10.2 Å². The van der Waals surface area contributed by atoms with Crippen molar-refractivity contribution in [1.29, 1.82) is 0 Å². The van der Waals surface area contributed by atoms with Crippen LogP contribution in [0.25, 0.3) is 0 Å². The molecular formula is C21H21BrN2O4. The van der Waals surface area contributed by atoms with E-state index in [0.717, 1.165) is 5.56 Å². The van der Waals surface area contributed by atoms with E-state index in [1.165, 1.54) is 20.1 Å². The second-order valence-corrected chi connectivity index (χ2v) is 7.41.